The molecule has 20 heavy (non-hydrogen) atoms. The van der Waals surface area contributed by atoms with Gasteiger partial charge in [-0.25, -0.2) is 8.78 Å². The van der Waals surface area contributed by atoms with E-state index < -0.39 is 11.6 Å². The topological polar surface area (TPSA) is 32.5 Å². The Morgan fingerprint density at radius 2 is 1.65 bits per heavy atom. The molecule has 0 bridgehead atoms. The summed E-state index contributed by atoms with van der Waals surface area (Å²) >= 11 is 0. The summed E-state index contributed by atoms with van der Waals surface area (Å²) in [4.78, 5) is 4.26. The van der Waals surface area contributed by atoms with Gasteiger partial charge in [0.2, 0.25) is 0 Å². The van der Waals surface area contributed by atoms with Gasteiger partial charge in [0.15, 0.2) is 11.6 Å². The summed E-state index contributed by atoms with van der Waals surface area (Å²) in [5.41, 5.74) is 6.06. The van der Waals surface area contributed by atoms with Gasteiger partial charge in [-0.05, 0) is 26.8 Å². The molecule has 2 N–H and O–H groups in total. The molecule has 0 radical (unpaired) electrons. The van der Waals surface area contributed by atoms with E-state index in [2.05, 4.69) is 25.7 Å². The van der Waals surface area contributed by atoms with Crippen LogP contribution in [-0.2, 0) is 6.54 Å². The van der Waals surface area contributed by atoms with Crippen LogP contribution in [0.15, 0.2) is 12.1 Å². The molecule has 5 heteroatoms. The standard InChI is InChI=1S/C15H23F2N3/c1-15(2,3)20-8-6-19(7-9-20)12-5-4-11(10-18)13(16)14(12)17/h4-5H,6-10,18H2,1-3H3. The largest absolute Gasteiger partial charge is 0.367 e. The number of hydrogen-bond acceptors (Lipinski definition) is 3. The monoisotopic (exact) mass is 283 g/mol. The second-order valence-corrected chi connectivity index (χ2v) is 6.22. The third-order valence-corrected chi connectivity index (χ3v) is 3.93. The average molecular weight is 283 g/mol. The van der Waals surface area contributed by atoms with Crippen molar-refractivity contribution in [1.82, 2.24) is 4.90 Å². The Balaban J connectivity index is 2.13. The van der Waals surface area contributed by atoms with E-state index in [0.717, 1.165) is 13.1 Å². The minimum atomic E-state index is -0.816. The molecule has 1 aliphatic rings. The fourth-order valence-electron chi connectivity index (χ4n) is 2.60. The van der Waals surface area contributed by atoms with Gasteiger partial charge in [0, 0.05) is 43.8 Å². The van der Waals surface area contributed by atoms with Crippen molar-refractivity contribution >= 4 is 5.69 Å². The molecule has 1 saturated heterocycles. The van der Waals surface area contributed by atoms with Crippen LogP contribution < -0.4 is 10.6 Å². The van der Waals surface area contributed by atoms with Crippen molar-refractivity contribution < 1.29 is 8.78 Å². The van der Waals surface area contributed by atoms with Crippen molar-refractivity contribution in [3.05, 3.63) is 29.3 Å². The zero-order valence-corrected chi connectivity index (χ0v) is 12.4. The summed E-state index contributed by atoms with van der Waals surface area (Å²) in [7, 11) is 0. The van der Waals surface area contributed by atoms with Crippen molar-refractivity contribution in [2.75, 3.05) is 31.1 Å². The number of halogens is 2. The molecule has 0 unspecified atom stereocenters. The molecule has 1 fully saturated rings. The average Bonchev–Trinajstić information content (AvgIpc) is 2.41. The van der Waals surface area contributed by atoms with Crippen LogP contribution in [0.5, 0.6) is 0 Å². The van der Waals surface area contributed by atoms with Gasteiger partial charge in [0.05, 0.1) is 5.69 Å². The number of hydrogen-bond donors (Lipinski definition) is 1. The van der Waals surface area contributed by atoms with Crippen LogP contribution >= 0.6 is 0 Å². The highest BCUT2D eigenvalue weighted by molar-refractivity contribution is 5.50. The molecule has 0 spiro atoms. The minimum absolute atomic E-state index is 0.0147. The number of piperazine rings is 1. The fourth-order valence-corrected chi connectivity index (χ4v) is 2.60. The molecule has 112 valence electrons. The SMILES string of the molecule is CC(C)(C)N1CCN(c2ccc(CN)c(F)c2F)CC1. The first kappa shape index (κ1) is 15.2. The number of benzene rings is 1. The highest BCUT2D eigenvalue weighted by Crippen LogP contribution is 2.26. The van der Waals surface area contributed by atoms with Crippen LogP contribution in [0.2, 0.25) is 0 Å². The summed E-state index contributed by atoms with van der Waals surface area (Å²) in [5.74, 6) is -1.60. The van der Waals surface area contributed by atoms with Gasteiger partial charge in [-0.15, -0.1) is 0 Å². The van der Waals surface area contributed by atoms with E-state index in [0.29, 0.717) is 18.8 Å². The molecule has 0 atom stereocenters. The first-order valence-electron chi connectivity index (χ1n) is 7.01. The van der Waals surface area contributed by atoms with Gasteiger partial charge in [-0.2, -0.15) is 0 Å². The van der Waals surface area contributed by atoms with Crippen LogP contribution in [0.25, 0.3) is 0 Å². The predicted octanol–water partition coefficient (Wildman–Crippen LogP) is 2.34. The van der Waals surface area contributed by atoms with Crippen LogP contribution in [0.1, 0.15) is 26.3 Å². The lowest BCUT2D eigenvalue weighted by Crippen LogP contribution is -2.53. The summed E-state index contributed by atoms with van der Waals surface area (Å²) in [6.45, 7) is 9.62. The number of anilines is 1. The molecular weight excluding hydrogens is 260 g/mol. The van der Waals surface area contributed by atoms with Crippen molar-refractivity contribution in [2.24, 2.45) is 5.73 Å². The van der Waals surface area contributed by atoms with E-state index in [1.54, 1.807) is 12.1 Å². The van der Waals surface area contributed by atoms with E-state index in [1.807, 2.05) is 4.90 Å². The second-order valence-electron chi connectivity index (χ2n) is 6.22. The minimum Gasteiger partial charge on any atom is -0.367 e. The highest BCUT2D eigenvalue weighted by atomic mass is 19.2. The first-order chi connectivity index (χ1) is 9.34. The van der Waals surface area contributed by atoms with Gasteiger partial charge >= 0.3 is 0 Å². The second kappa shape index (κ2) is 5.66. The normalized spacial score (nSPS) is 17.6. The maximum atomic E-state index is 14.1. The maximum Gasteiger partial charge on any atom is 0.182 e. The number of nitrogens with two attached hydrogens (primary N) is 1. The summed E-state index contributed by atoms with van der Waals surface area (Å²) < 4.78 is 27.9. The summed E-state index contributed by atoms with van der Waals surface area (Å²) in [5, 5.41) is 0. The fraction of sp³-hybridized carbons (Fsp3) is 0.600. The Morgan fingerprint density at radius 1 is 1.05 bits per heavy atom. The third kappa shape index (κ3) is 2.94. The lowest BCUT2D eigenvalue weighted by atomic mass is 10.0. The molecule has 0 amide bonds. The van der Waals surface area contributed by atoms with Gasteiger partial charge in [0.1, 0.15) is 0 Å². The van der Waals surface area contributed by atoms with Crippen LogP contribution in [-0.4, -0.2) is 36.6 Å². The van der Waals surface area contributed by atoms with Crippen LogP contribution in [0.4, 0.5) is 14.5 Å². The van der Waals surface area contributed by atoms with E-state index in [-0.39, 0.29) is 17.6 Å². The van der Waals surface area contributed by atoms with Crippen molar-refractivity contribution in [3.63, 3.8) is 0 Å². The van der Waals surface area contributed by atoms with Gasteiger partial charge in [-0.1, -0.05) is 6.07 Å². The van der Waals surface area contributed by atoms with Crippen LogP contribution in [0.3, 0.4) is 0 Å². The van der Waals surface area contributed by atoms with E-state index >= 15 is 0 Å². The molecule has 0 saturated carbocycles. The van der Waals surface area contributed by atoms with Crippen molar-refractivity contribution in [3.8, 4) is 0 Å². The molecule has 0 aliphatic carbocycles. The van der Waals surface area contributed by atoms with Gasteiger partial charge in [-0.3, -0.25) is 4.90 Å². The molecule has 0 aromatic heterocycles. The molecule has 1 aromatic rings. The lowest BCUT2D eigenvalue weighted by molar-refractivity contribution is 0.128. The highest BCUT2D eigenvalue weighted by Gasteiger charge is 2.27. The van der Waals surface area contributed by atoms with E-state index in [4.69, 9.17) is 5.73 Å². The quantitative estimate of drug-likeness (QED) is 0.904. The Labute approximate surface area is 119 Å². The van der Waals surface area contributed by atoms with Gasteiger partial charge in [0.25, 0.3) is 0 Å². The first-order valence-corrected chi connectivity index (χ1v) is 7.01. The number of nitrogens with zero attached hydrogens (tertiary/aromatic N) is 2. The summed E-state index contributed by atoms with van der Waals surface area (Å²) in [6.07, 6.45) is 0. The molecule has 2 rings (SSSR count). The third-order valence-electron chi connectivity index (χ3n) is 3.93. The Kier molecular flexibility index (Phi) is 4.30. The maximum absolute atomic E-state index is 14.1. The van der Waals surface area contributed by atoms with Crippen LogP contribution in [0, 0.1) is 11.6 Å². The Morgan fingerprint density at radius 3 is 2.15 bits per heavy atom. The molecule has 1 aliphatic heterocycles. The zero-order valence-electron chi connectivity index (χ0n) is 12.4. The molecule has 1 aromatic carbocycles. The molecule has 3 nitrogen and oxygen atoms in total. The van der Waals surface area contributed by atoms with Crippen molar-refractivity contribution in [1.29, 1.82) is 0 Å². The van der Waals surface area contributed by atoms with Crippen molar-refractivity contribution in [2.45, 2.75) is 32.9 Å². The van der Waals surface area contributed by atoms with E-state index in [9.17, 15) is 8.78 Å². The number of rotatable bonds is 2. The van der Waals surface area contributed by atoms with E-state index in [1.165, 1.54) is 0 Å². The lowest BCUT2D eigenvalue weighted by Gasteiger charge is -2.43. The Hall–Kier alpha value is -1.20. The zero-order chi connectivity index (χ0) is 14.9. The Bertz CT molecular complexity index is 475. The summed E-state index contributed by atoms with van der Waals surface area (Å²) in [6, 6.07) is 3.21. The van der Waals surface area contributed by atoms with Gasteiger partial charge < -0.3 is 10.6 Å². The molecular formula is C15H23F2N3. The predicted molar refractivity (Wildman–Crippen MR) is 77.8 cm³/mol. The molecule has 1 heterocycles. The smallest absolute Gasteiger partial charge is 0.182 e.